The molecule has 0 saturated carbocycles. The average molecular weight is 584 g/mol. The molecule has 0 radical (unpaired) electrons. The van der Waals surface area contributed by atoms with Crippen LogP contribution in [0.5, 0.6) is 11.5 Å². The minimum absolute atomic E-state index is 0.303. The van der Waals surface area contributed by atoms with Crippen LogP contribution in [0, 0.1) is 10.5 Å². The Hall–Kier alpha value is -2.49. The molecule has 0 aliphatic heterocycles. The van der Waals surface area contributed by atoms with Crippen LogP contribution in [0.1, 0.15) is 16.7 Å². The zero-order chi connectivity index (χ0) is 23.1. The van der Waals surface area contributed by atoms with Crippen LogP contribution >= 0.6 is 45.8 Å². The SMILES string of the molecule is COc1cc(C=NNC(=O)Nc2ccccc2C)cc(I)c1OCc1ccc(Cl)c(Cl)c1. The van der Waals surface area contributed by atoms with Gasteiger partial charge in [0.05, 0.1) is 26.9 Å². The number of hydrogen-bond acceptors (Lipinski definition) is 4. The molecule has 0 aliphatic rings. The molecule has 0 aromatic heterocycles. The van der Waals surface area contributed by atoms with Crippen molar-refractivity contribution >= 4 is 63.7 Å². The van der Waals surface area contributed by atoms with Gasteiger partial charge in [0.1, 0.15) is 6.61 Å². The Kier molecular flexibility index (Phi) is 8.60. The number of ether oxygens (including phenoxy) is 2. The summed E-state index contributed by atoms with van der Waals surface area (Å²) in [5.41, 5.74) is 5.76. The molecule has 3 aromatic rings. The molecule has 2 amide bonds. The molecule has 0 spiro atoms. The van der Waals surface area contributed by atoms with Gasteiger partial charge in [0, 0.05) is 5.69 Å². The Morgan fingerprint density at radius 1 is 1.12 bits per heavy atom. The molecule has 0 atom stereocenters. The van der Waals surface area contributed by atoms with Crippen molar-refractivity contribution in [3.63, 3.8) is 0 Å². The molecular weight excluding hydrogens is 564 g/mol. The predicted molar refractivity (Wildman–Crippen MR) is 137 cm³/mol. The normalized spacial score (nSPS) is 10.8. The Labute approximate surface area is 210 Å². The van der Waals surface area contributed by atoms with Gasteiger partial charge in [-0.15, -0.1) is 0 Å². The summed E-state index contributed by atoms with van der Waals surface area (Å²) in [6.45, 7) is 2.22. The van der Waals surface area contributed by atoms with Crippen LogP contribution in [0.2, 0.25) is 10.0 Å². The van der Waals surface area contributed by atoms with E-state index >= 15 is 0 Å². The van der Waals surface area contributed by atoms with E-state index in [1.54, 1.807) is 25.3 Å². The smallest absolute Gasteiger partial charge is 0.339 e. The number of carbonyl (C=O) groups is 1. The maximum Gasteiger partial charge on any atom is 0.339 e. The van der Waals surface area contributed by atoms with E-state index in [4.69, 9.17) is 32.7 Å². The Morgan fingerprint density at radius 3 is 2.62 bits per heavy atom. The van der Waals surface area contributed by atoms with Crippen LogP contribution in [-0.2, 0) is 6.61 Å². The fraction of sp³-hybridized carbons (Fsp3) is 0.130. The molecule has 0 unspecified atom stereocenters. The van der Waals surface area contributed by atoms with Crippen molar-refractivity contribution in [3.8, 4) is 11.5 Å². The number of halogens is 3. The third-order valence-corrected chi connectivity index (χ3v) is 5.93. The molecule has 2 N–H and O–H groups in total. The molecule has 0 aliphatic carbocycles. The molecule has 0 heterocycles. The standard InChI is InChI=1S/C23H20Cl2IN3O3/c1-14-5-3-4-6-20(14)28-23(30)29-27-12-16-10-19(26)22(21(11-16)31-2)32-13-15-7-8-17(24)18(25)9-15/h3-12H,13H2,1-2H3,(H2,28,29,30). The molecule has 0 fully saturated rings. The van der Waals surface area contributed by atoms with E-state index < -0.39 is 6.03 Å². The van der Waals surface area contributed by atoms with E-state index in [1.165, 1.54) is 6.21 Å². The van der Waals surface area contributed by atoms with Crippen molar-refractivity contribution in [3.05, 3.63) is 84.9 Å². The van der Waals surface area contributed by atoms with Gasteiger partial charge in [-0.2, -0.15) is 5.10 Å². The summed E-state index contributed by atoms with van der Waals surface area (Å²) >= 11 is 14.2. The Balaban J connectivity index is 1.65. The number of anilines is 1. The second kappa shape index (κ2) is 11.4. The monoisotopic (exact) mass is 583 g/mol. The number of aryl methyl sites for hydroxylation is 1. The van der Waals surface area contributed by atoms with E-state index in [1.807, 2.05) is 43.3 Å². The first-order valence-electron chi connectivity index (χ1n) is 9.47. The van der Waals surface area contributed by atoms with Crippen LogP contribution in [0.3, 0.4) is 0 Å². The predicted octanol–water partition coefficient (Wildman–Crippen LogP) is 6.65. The highest BCUT2D eigenvalue weighted by Gasteiger charge is 2.12. The molecule has 166 valence electrons. The number of carbonyl (C=O) groups excluding carboxylic acids is 1. The third kappa shape index (κ3) is 6.51. The fourth-order valence-corrected chi connectivity index (χ4v) is 3.87. The quantitative estimate of drug-likeness (QED) is 0.186. The maximum atomic E-state index is 12.1. The third-order valence-electron chi connectivity index (χ3n) is 4.39. The summed E-state index contributed by atoms with van der Waals surface area (Å²) in [5, 5.41) is 7.73. The Bertz CT molecular complexity index is 1160. The van der Waals surface area contributed by atoms with Gasteiger partial charge < -0.3 is 14.8 Å². The van der Waals surface area contributed by atoms with Gasteiger partial charge in [-0.05, 0) is 76.5 Å². The summed E-state index contributed by atoms with van der Waals surface area (Å²) in [6, 6.07) is 16.1. The number of para-hydroxylation sites is 1. The van der Waals surface area contributed by atoms with Crippen LogP contribution in [0.15, 0.2) is 59.7 Å². The summed E-state index contributed by atoms with van der Waals surface area (Å²) in [4.78, 5) is 12.1. The first kappa shape index (κ1) is 24.2. The summed E-state index contributed by atoms with van der Waals surface area (Å²) in [7, 11) is 1.56. The van der Waals surface area contributed by atoms with Gasteiger partial charge >= 0.3 is 6.03 Å². The number of benzene rings is 3. The molecule has 0 bridgehead atoms. The molecule has 6 nitrogen and oxygen atoms in total. The first-order chi connectivity index (χ1) is 15.4. The van der Waals surface area contributed by atoms with Crippen LogP contribution in [0.25, 0.3) is 0 Å². The topological polar surface area (TPSA) is 72.0 Å². The number of rotatable bonds is 7. The number of amides is 2. The van der Waals surface area contributed by atoms with E-state index in [-0.39, 0.29) is 0 Å². The second-order valence-electron chi connectivity index (χ2n) is 6.71. The summed E-state index contributed by atoms with van der Waals surface area (Å²) in [6.07, 6.45) is 1.53. The van der Waals surface area contributed by atoms with Gasteiger partial charge in [0.15, 0.2) is 11.5 Å². The minimum atomic E-state index is -0.432. The largest absolute Gasteiger partial charge is 0.493 e. The lowest BCUT2D eigenvalue weighted by Gasteiger charge is -2.14. The lowest BCUT2D eigenvalue weighted by Crippen LogP contribution is -2.24. The first-order valence-corrected chi connectivity index (χ1v) is 11.3. The zero-order valence-corrected chi connectivity index (χ0v) is 21.0. The number of urea groups is 1. The highest BCUT2D eigenvalue weighted by Crippen LogP contribution is 2.34. The van der Waals surface area contributed by atoms with E-state index in [9.17, 15) is 4.79 Å². The molecular formula is C23H20Cl2IN3O3. The van der Waals surface area contributed by atoms with Crippen molar-refractivity contribution in [1.29, 1.82) is 0 Å². The summed E-state index contributed by atoms with van der Waals surface area (Å²) < 4.78 is 12.3. The molecule has 0 saturated heterocycles. The minimum Gasteiger partial charge on any atom is -0.493 e. The molecule has 32 heavy (non-hydrogen) atoms. The zero-order valence-electron chi connectivity index (χ0n) is 17.3. The van der Waals surface area contributed by atoms with Crippen molar-refractivity contribution in [2.75, 3.05) is 12.4 Å². The van der Waals surface area contributed by atoms with E-state index in [0.29, 0.717) is 28.2 Å². The van der Waals surface area contributed by atoms with Gasteiger partial charge in [-0.1, -0.05) is 47.5 Å². The van der Waals surface area contributed by atoms with Crippen LogP contribution in [-0.4, -0.2) is 19.4 Å². The van der Waals surface area contributed by atoms with Gasteiger partial charge in [0.2, 0.25) is 0 Å². The Morgan fingerprint density at radius 2 is 1.91 bits per heavy atom. The van der Waals surface area contributed by atoms with Crippen molar-refractivity contribution in [2.45, 2.75) is 13.5 Å². The van der Waals surface area contributed by atoms with Crippen molar-refractivity contribution in [2.24, 2.45) is 5.10 Å². The number of hydrazone groups is 1. The van der Waals surface area contributed by atoms with Crippen LogP contribution < -0.4 is 20.2 Å². The number of methoxy groups -OCH3 is 1. The molecule has 9 heteroatoms. The van der Waals surface area contributed by atoms with Gasteiger partial charge in [0.25, 0.3) is 0 Å². The van der Waals surface area contributed by atoms with Crippen molar-refractivity contribution in [1.82, 2.24) is 5.43 Å². The fourth-order valence-electron chi connectivity index (χ4n) is 2.77. The molecule has 3 rings (SSSR count). The lowest BCUT2D eigenvalue weighted by atomic mass is 10.2. The average Bonchev–Trinajstić information content (AvgIpc) is 2.76. The number of nitrogens with one attached hydrogen (secondary N) is 2. The maximum absolute atomic E-state index is 12.1. The van der Waals surface area contributed by atoms with Crippen molar-refractivity contribution < 1.29 is 14.3 Å². The van der Waals surface area contributed by atoms with E-state index in [2.05, 4.69) is 38.4 Å². The number of nitrogens with zero attached hydrogens (tertiary/aromatic N) is 1. The highest BCUT2D eigenvalue weighted by atomic mass is 127. The second-order valence-corrected chi connectivity index (χ2v) is 8.69. The van der Waals surface area contributed by atoms with Crippen LogP contribution in [0.4, 0.5) is 10.5 Å². The lowest BCUT2D eigenvalue weighted by molar-refractivity contribution is 0.252. The van der Waals surface area contributed by atoms with E-state index in [0.717, 1.165) is 25.9 Å². The number of hydrogen-bond donors (Lipinski definition) is 2. The molecule has 3 aromatic carbocycles. The summed E-state index contributed by atoms with van der Waals surface area (Å²) in [5.74, 6) is 1.14. The van der Waals surface area contributed by atoms with Gasteiger partial charge in [-0.3, -0.25) is 0 Å². The van der Waals surface area contributed by atoms with Gasteiger partial charge in [-0.25, -0.2) is 10.2 Å². The highest BCUT2D eigenvalue weighted by molar-refractivity contribution is 14.1.